The summed E-state index contributed by atoms with van der Waals surface area (Å²) >= 11 is 0. The topological polar surface area (TPSA) is 71.1 Å². The van der Waals surface area contributed by atoms with E-state index in [4.69, 9.17) is 0 Å². The van der Waals surface area contributed by atoms with Gasteiger partial charge in [0.05, 0.1) is 6.54 Å². The van der Waals surface area contributed by atoms with Crippen molar-refractivity contribution in [3.63, 3.8) is 0 Å². The fraction of sp³-hybridized carbons (Fsp3) is 0.208. The highest BCUT2D eigenvalue weighted by atomic mass is 16.2. The summed E-state index contributed by atoms with van der Waals surface area (Å²) in [6.45, 7) is 0.759. The monoisotopic (exact) mass is 387 g/mol. The number of pyridine rings is 1. The van der Waals surface area contributed by atoms with E-state index >= 15 is 0 Å². The van der Waals surface area contributed by atoms with E-state index in [0.717, 1.165) is 6.42 Å². The van der Waals surface area contributed by atoms with Gasteiger partial charge in [0.25, 0.3) is 5.91 Å². The van der Waals surface area contributed by atoms with Gasteiger partial charge in [-0.2, -0.15) is 0 Å². The van der Waals surface area contributed by atoms with E-state index in [0.29, 0.717) is 24.2 Å². The molecule has 5 heteroatoms. The lowest BCUT2D eigenvalue weighted by molar-refractivity contribution is 0.0942. The first-order valence-corrected chi connectivity index (χ1v) is 9.77. The molecule has 3 aromatic rings. The van der Waals surface area contributed by atoms with Crippen molar-refractivity contribution >= 4 is 11.7 Å². The van der Waals surface area contributed by atoms with Crippen LogP contribution in [0.2, 0.25) is 0 Å². The van der Waals surface area contributed by atoms with Crippen molar-refractivity contribution in [2.45, 2.75) is 18.9 Å². The number of hydrogen-bond acceptors (Lipinski definition) is 4. The lowest BCUT2D eigenvalue weighted by atomic mass is 10.0. The predicted molar refractivity (Wildman–Crippen MR) is 114 cm³/mol. The highest BCUT2D eigenvalue weighted by Crippen LogP contribution is 2.07. The van der Waals surface area contributed by atoms with Crippen LogP contribution in [-0.2, 0) is 6.42 Å². The molecule has 1 aromatic heterocycles. The first kappa shape index (κ1) is 20.4. The molecule has 0 saturated carbocycles. The van der Waals surface area contributed by atoms with Gasteiger partial charge in [0.15, 0.2) is 5.78 Å². The third kappa shape index (κ3) is 6.66. The Morgan fingerprint density at radius 1 is 0.862 bits per heavy atom. The molecule has 0 aliphatic heterocycles. The van der Waals surface area contributed by atoms with Crippen molar-refractivity contribution in [1.29, 1.82) is 0 Å². The van der Waals surface area contributed by atoms with Crippen LogP contribution >= 0.6 is 0 Å². The number of carbonyl (C=O) groups is 2. The predicted octanol–water partition coefficient (Wildman–Crippen LogP) is 3.29. The smallest absolute Gasteiger partial charge is 0.269 e. The van der Waals surface area contributed by atoms with Gasteiger partial charge in [0, 0.05) is 24.3 Å². The van der Waals surface area contributed by atoms with Crippen LogP contribution in [-0.4, -0.2) is 35.8 Å². The van der Waals surface area contributed by atoms with Crippen molar-refractivity contribution in [3.8, 4) is 0 Å². The van der Waals surface area contributed by atoms with E-state index in [-0.39, 0.29) is 24.3 Å². The molecule has 2 aromatic carbocycles. The fourth-order valence-electron chi connectivity index (χ4n) is 3.09. The molecule has 0 aliphatic carbocycles. The van der Waals surface area contributed by atoms with Crippen molar-refractivity contribution < 1.29 is 9.59 Å². The SMILES string of the molecule is O=C(CNC(CCNC(=O)c1ccccn1)Cc1ccccc1)c1ccccc1. The highest BCUT2D eigenvalue weighted by molar-refractivity contribution is 5.97. The van der Waals surface area contributed by atoms with Gasteiger partial charge in [-0.3, -0.25) is 14.6 Å². The third-order valence-corrected chi connectivity index (χ3v) is 4.65. The second-order valence-corrected chi connectivity index (χ2v) is 6.82. The summed E-state index contributed by atoms with van der Waals surface area (Å²) < 4.78 is 0. The van der Waals surface area contributed by atoms with Crippen LogP contribution in [0.4, 0.5) is 0 Å². The number of carbonyl (C=O) groups excluding carboxylic acids is 2. The van der Waals surface area contributed by atoms with E-state index in [9.17, 15) is 9.59 Å². The molecular formula is C24H25N3O2. The number of ketones is 1. The number of nitrogens with zero attached hydrogens (tertiary/aromatic N) is 1. The molecule has 1 amide bonds. The highest BCUT2D eigenvalue weighted by Gasteiger charge is 2.14. The summed E-state index contributed by atoms with van der Waals surface area (Å²) in [4.78, 5) is 28.7. The number of rotatable bonds is 10. The summed E-state index contributed by atoms with van der Waals surface area (Å²) in [5, 5.41) is 6.27. The average molecular weight is 387 g/mol. The summed E-state index contributed by atoms with van der Waals surface area (Å²) in [7, 11) is 0. The molecule has 0 bridgehead atoms. The van der Waals surface area contributed by atoms with Crippen LogP contribution in [0, 0.1) is 0 Å². The van der Waals surface area contributed by atoms with Crippen molar-refractivity contribution in [2.24, 2.45) is 0 Å². The average Bonchev–Trinajstić information content (AvgIpc) is 2.79. The first-order chi connectivity index (χ1) is 14.2. The summed E-state index contributed by atoms with van der Waals surface area (Å²) in [5.41, 5.74) is 2.29. The quantitative estimate of drug-likeness (QED) is 0.524. The first-order valence-electron chi connectivity index (χ1n) is 9.77. The Bertz CT molecular complexity index is 899. The largest absolute Gasteiger partial charge is 0.351 e. The third-order valence-electron chi connectivity index (χ3n) is 4.65. The standard InChI is InChI=1S/C24H25N3O2/c28-23(20-11-5-2-6-12-20)18-27-21(17-19-9-3-1-4-10-19)14-16-26-24(29)22-13-7-8-15-25-22/h1-13,15,21,27H,14,16-18H2,(H,26,29). The van der Waals surface area contributed by atoms with Gasteiger partial charge in [0.1, 0.15) is 5.69 Å². The van der Waals surface area contributed by atoms with Gasteiger partial charge in [-0.1, -0.05) is 66.7 Å². The lowest BCUT2D eigenvalue weighted by Crippen LogP contribution is -2.38. The second-order valence-electron chi connectivity index (χ2n) is 6.82. The van der Waals surface area contributed by atoms with Crippen LogP contribution in [0.5, 0.6) is 0 Å². The van der Waals surface area contributed by atoms with Crippen molar-refractivity contribution in [3.05, 3.63) is 102 Å². The lowest BCUT2D eigenvalue weighted by Gasteiger charge is -2.19. The Morgan fingerprint density at radius 3 is 2.24 bits per heavy atom. The number of Topliss-reactive ketones (excluding diaryl/α,β-unsaturated/α-hetero) is 1. The maximum atomic E-state index is 12.4. The molecule has 5 nitrogen and oxygen atoms in total. The molecule has 1 atom stereocenters. The minimum atomic E-state index is -0.190. The number of nitrogens with one attached hydrogen (secondary N) is 2. The Labute approximate surface area is 171 Å². The van der Waals surface area contributed by atoms with Crippen LogP contribution in [0.1, 0.15) is 32.8 Å². The number of hydrogen-bond donors (Lipinski definition) is 2. The van der Waals surface area contributed by atoms with E-state index in [1.165, 1.54) is 5.56 Å². The minimum Gasteiger partial charge on any atom is -0.351 e. The molecule has 3 rings (SSSR count). The molecular weight excluding hydrogens is 362 g/mol. The molecule has 1 heterocycles. The van der Waals surface area contributed by atoms with E-state index < -0.39 is 0 Å². The summed E-state index contributed by atoms with van der Waals surface area (Å²) in [6.07, 6.45) is 3.09. The van der Waals surface area contributed by atoms with Crippen LogP contribution < -0.4 is 10.6 Å². The number of amides is 1. The minimum absolute atomic E-state index is 0.0567. The van der Waals surface area contributed by atoms with E-state index in [2.05, 4.69) is 27.8 Å². The van der Waals surface area contributed by atoms with Crippen LogP contribution in [0.25, 0.3) is 0 Å². The molecule has 0 fully saturated rings. The van der Waals surface area contributed by atoms with Crippen molar-refractivity contribution in [1.82, 2.24) is 15.6 Å². The Morgan fingerprint density at radius 2 is 1.55 bits per heavy atom. The molecule has 1 unspecified atom stereocenters. The van der Waals surface area contributed by atoms with E-state index in [1.807, 2.05) is 48.5 Å². The van der Waals surface area contributed by atoms with Crippen LogP contribution in [0.15, 0.2) is 85.1 Å². The molecule has 0 radical (unpaired) electrons. The molecule has 148 valence electrons. The zero-order chi connectivity index (χ0) is 20.3. The van der Waals surface area contributed by atoms with Gasteiger partial charge in [-0.15, -0.1) is 0 Å². The van der Waals surface area contributed by atoms with Crippen molar-refractivity contribution in [2.75, 3.05) is 13.1 Å². The zero-order valence-corrected chi connectivity index (χ0v) is 16.3. The molecule has 2 N–H and O–H groups in total. The number of aromatic nitrogens is 1. The van der Waals surface area contributed by atoms with Crippen LogP contribution in [0.3, 0.4) is 0 Å². The molecule has 0 aliphatic rings. The maximum absolute atomic E-state index is 12.4. The van der Waals surface area contributed by atoms with E-state index in [1.54, 1.807) is 24.4 Å². The molecule has 29 heavy (non-hydrogen) atoms. The summed E-state index contributed by atoms with van der Waals surface area (Å²) in [6, 6.07) is 24.7. The fourth-order valence-corrected chi connectivity index (χ4v) is 3.09. The maximum Gasteiger partial charge on any atom is 0.269 e. The normalized spacial score (nSPS) is 11.6. The summed E-state index contributed by atoms with van der Waals surface area (Å²) in [5.74, 6) is -0.134. The zero-order valence-electron chi connectivity index (χ0n) is 16.3. The van der Waals surface area contributed by atoms with Gasteiger partial charge in [-0.25, -0.2) is 0 Å². The van der Waals surface area contributed by atoms with Gasteiger partial charge >= 0.3 is 0 Å². The molecule has 0 spiro atoms. The number of benzene rings is 2. The van der Waals surface area contributed by atoms with Gasteiger partial charge < -0.3 is 10.6 Å². The Balaban J connectivity index is 1.55. The Hall–Kier alpha value is -3.31. The Kier molecular flexibility index (Phi) is 7.66. The molecule has 0 saturated heterocycles. The van der Waals surface area contributed by atoms with Gasteiger partial charge in [-0.05, 0) is 30.5 Å². The van der Waals surface area contributed by atoms with Gasteiger partial charge in [0.2, 0.25) is 0 Å². The second kappa shape index (κ2) is 10.9.